The van der Waals surface area contributed by atoms with Crippen LogP contribution in [0.25, 0.3) is 0 Å². The van der Waals surface area contributed by atoms with Gasteiger partial charge in [-0.1, -0.05) is 12.5 Å². The van der Waals surface area contributed by atoms with Crippen LogP contribution in [-0.2, 0) is 4.79 Å². The Bertz CT molecular complexity index is 264. The summed E-state index contributed by atoms with van der Waals surface area (Å²) in [6.07, 6.45) is 2.52. The molecule has 0 saturated carbocycles. The topological polar surface area (TPSA) is 52.6 Å². The Kier molecular flexibility index (Phi) is 5.49. The molecule has 4 nitrogen and oxygen atoms in total. The maximum absolute atomic E-state index is 10.4. The largest absolute Gasteiger partial charge is 0.478 e. The Morgan fingerprint density at radius 3 is 2.94 bits per heavy atom. The summed E-state index contributed by atoms with van der Waals surface area (Å²) in [6.45, 7) is 9.20. The molecule has 16 heavy (non-hydrogen) atoms. The number of nitrogens with one attached hydrogen (secondary N) is 1. The van der Waals surface area contributed by atoms with Crippen LogP contribution in [0.2, 0.25) is 0 Å². The van der Waals surface area contributed by atoms with E-state index in [9.17, 15) is 4.79 Å². The highest BCUT2D eigenvalue weighted by Crippen LogP contribution is 2.14. The summed E-state index contributed by atoms with van der Waals surface area (Å²) < 4.78 is 0. The van der Waals surface area contributed by atoms with Crippen LogP contribution in [0.5, 0.6) is 0 Å². The van der Waals surface area contributed by atoms with Crippen molar-refractivity contribution in [3.05, 3.63) is 11.6 Å². The molecule has 0 radical (unpaired) electrons. The predicted molar refractivity (Wildman–Crippen MR) is 64.5 cm³/mol. The molecule has 92 valence electrons. The van der Waals surface area contributed by atoms with Crippen molar-refractivity contribution in [2.45, 2.75) is 20.3 Å². The molecule has 1 heterocycles. The van der Waals surface area contributed by atoms with Gasteiger partial charge in [0.15, 0.2) is 0 Å². The predicted octanol–water partition coefficient (Wildman–Crippen LogP) is 0.949. The van der Waals surface area contributed by atoms with Crippen LogP contribution < -0.4 is 5.32 Å². The van der Waals surface area contributed by atoms with Crippen molar-refractivity contribution in [1.29, 1.82) is 0 Å². The number of likely N-dealkylation sites (tertiary alicyclic amines) is 1. The number of nitrogens with zero attached hydrogens (tertiary/aromatic N) is 1. The molecule has 1 atom stereocenters. The SMILES string of the molecule is CCN1CCC(CNCC(C)=CC(=O)O)C1. The monoisotopic (exact) mass is 226 g/mol. The van der Waals surface area contributed by atoms with Gasteiger partial charge in [-0.25, -0.2) is 4.79 Å². The molecule has 1 saturated heterocycles. The summed E-state index contributed by atoms with van der Waals surface area (Å²) in [5, 5.41) is 11.9. The number of rotatable bonds is 6. The first kappa shape index (κ1) is 13.2. The molecule has 4 heteroatoms. The second kappa shape index (κ2) is 6.66. The molecule has 0 aromatic heterocycles. The Morgan fingerprint density at radius 2 is 2.38 bits per heavy atom. The number of hydrogen-bond acceptors (Lipinski definition) is 3. The summed E-state index contributed by atoms with van der Waals surface area (Å²) in [5.41, 5.74) is 0.873. The quantitative estimate of drug-likeness (QED) is 0.662. The highest BCUT2D eigenvalue weighted by molar-refractivity contribution is 5.80. The third kappa shape index (κ3) is 4.77. The number of aliphatic carboxylic acids is 1. The molecule has 1 aliphatic heterocycles. The van der Waals surface area contributed by atoms with Crippen LogP contribution in [0.3, 0.4) is 0 Å². The molecule has 1 rings (SSSR count). The second-order valence-corrected chi connectivity index (χ2v) is 4.51. The summed E-state index contributed by atoms with van der Waals surface area (Å²) in [5.74, 6) is -0.144. The van der Waals surface area contributed by atoms with Crippen molar-refractivity contribution in [3.63, 3.8) is 0 Å². The van der Waals surface area contributed by atoms with E-state index in [1.807, 2.05) is 6.92 Å². The lowest BCUT2D eigenvalue weighted by Gasteiger charge is -2.13. The average Bonchev–Trinajstić information content (AvgIpc) is 2.64. The molecular formula is C12H22N2O2. The van der Waals surface area contributed by atoms with Gasteiger partial charge in [-0.2, -0.15) is 0 Å². The summed E-state index contributed by atoms with van der Waals surface area (Å²) in [6, 6.07) is 0. The van der Waals surface area contributed by atoms with Crippen molar-refractivity contribution in [1.82, 2.24) is 10.2 Å². The van der Waals surface area contributed by atoms with Crippen LogP contribution in [0.1, 0.15) is 20.3 Å². The van der Waals surface area contributed by atoms with Gasteiger partial charge in [0, 0.05) is 19.2 Å². The van der Waals surface area contributed by atoms with E-state index in [1.54, 1.807) is 0 Å². The van der Waals surface area contributed by atoms with E-state index in [2.05, 4.69) is 17.1 Å². The number of carbonyl (C=O) groups is 1. The van der Waals surface area contributed by atoms with E-state index in [4.69, 9.17) is 5.11 Å². The van der Waals surface area contributed by atoms with Gasteiger partial charge in [0.25, 0.3) is 0 Å². The standard InChI is InChI=1S/C12H22N2O2/c1-3-14-5-4-11(9-14)8-13-7-10(2)6-12(15)16/h6,11,13H,3-5,7-9H2,1-2H3,(H,15,16). The van der Waals surface area contributed by atoms with E-state index >= 15 is 0 Å². The zero-order chi connectivity index (χ0) is 12.0. The van der Waals surface area contributed by atoms with E-state index in [-0.39, 0.29) is 0 Å². The first-order chi connectivity index (χ1) is 7.61. The van der Waals surface area contributed by atoms with Crippen molar-refractivity contribution in [3.8, 4) is 0 Å². The Morgan fingerprint density at radius 1 is 1.62 bits per heavy atom. The number of carboxylic acids is 1. The van der Waals surface area contributed by atoms with E-state index in [0.717, 1.165) is 24.6 Å². The fraction of sp³-hybridized carbons (Fsp3) is 0.750. The molecule has 1 fully saturated rings. The van der Waals surface area contributed by atoms with Crippen molar-refractivity contribution in [2.75, 3.05) is 32.7 Å². The molecule has 1 unspecified atom stereocenters. The summed E-state index contributed by atoms with van der Waals surface area (Å²) in [7, 11) is 0. The minimum atomic E-state index is -0.864. The number of carboxylic acid groups (broad SMARTS) is 1. The average molecular weight is 226 g/mol. The minimum Gasteiger partial charge on any atom is -0.478 e. The Balaban J connectivity index is 2.14. The zero-order valence-corrected chi connectivity index (χ0v) is 10.2. The first-order valence-corrected chi connectivity index (χ1v) is 5.95. The maximum Gasteiger partial charge on any atom is 0.328 e. The Hall–Kier alpha value is -0.870. The highest BCUT2D eigenvalue weighted by atomic mass is 16.4. The maximum atomic E-state index is 10.4. The van der Waals surface area contributed by atoms with Crippen LogP contribution in [0.15, 0.2) is 11.6 Å². The van der Waals surface area contributed by atoms with Gasteiger partial charge in [0.05, 0.1) is 0 Å². The Labute approximate surface area is 97.3 Å². The zero-order valence-electron chi connectivity index (χ0n) is 10.2. The molecule has 0 amide bonds. The first-order valence-electron chi connectivity index (χ1n) is 5.95. The van der Waals surface area contributed by atoms with Crippen molar-refractivity contribution >= 4 is 5.97 Å². The molecule has 0 spiro atoms. The fourth-order valence-corrected chi connectivity index (χ4v) is 2.10. The lowest BCUT2D eigenvalue weighted by molar-refractivity contribution is -0.131. The molecule has 0 aliphatic carbocycles. The molecule has 0 aromatic rings. The fourth-order valence-electron chi connectivity index (χ4n) is 2.10. The summed E-state index contributed by atoms with van der Waals surface area (Å²) in [4.78, 5) is 12.9. The molecule has 2 N–H and O–H groups in total. The highest BCUT2D eigenvalue weighted by Gasteiger charge is 2.20. The number of hydrogen-bond donors (Lipinski definition) is 2. The second-order valence-electron chi connectivity index (χ2n) is 4.51. The van der Waals surface area contributed by atoms with Crippen LogP contribution in [-0.4, -0.2) is 48.7 Å². The van der Waals surface area contributed by atoms with Gasteiger partial charge in [-0.05, 0) is 38.9 Å². The van der Waals surface area contributed by atoms with Crippen LogP contribution >= 0.6 is 0 Å². The lowest BCUT2D eigenvalue weighted by Crippen LogP contribution is -2.27. The van der Waals surface area contributed by atoms with Gasteiger partial charge in [-0.3, -0.25) is 0 Å². The molecule has 1 aliphatic rings. The molecule has 0 aromatic carbocycles. The van der Waals surface area contributed by atoms with Gasteiger partial charge in [0.1, 0.15) is 0 Å². The van der Waals surface area contributed by atoms with E-state index < -0.39 is 5.97 Å². The normalized spacial score (nSPS) is 22.6. The third-order valence-corrected chi connectivity index (χ3v) is 3.02. The van der Waals surface area contributed by atoms with Crippen molar-refractivity contribution < 1.29 is 9.90 Å². The smallest absolute Gasteiger partial charge is 0.328 e. The van der Waals surface area contributed by atoms with Gasteiger partial charge in [0.2, 0.25) is 0 Å². The molecular weight excluding hydrogens is 204 g/mol. The lowest BCUT2D eigenvalue weighted by atomic mass is 10.1. The minimum absolute atomic E-state index is 0.676. The van der Waals surface area contributed by atoms with Gasteiger partial charge < -0.3 is 15.3 Å². The van der Waals surface area contributed by atoms with Gasteiger partial charge >= 0.3 is 5.97 Å². The van der Waals surface area contributed by atoms with Crippen LogP contribution in [0.4, 0.5) is 0 Å². The molecule has 0 bridgehead atoms. The summed E-state index contributed by atoms with van der Waals surface area (Å²) >= 11 is 0. The van der Waals surface area contributed by atoms with Gasteiger partial charge in [-0.15, -0.1) is 0 Å². The van der Waals surface area contributed by atoms with Crippen molar-refractivity contribution in [2.24, 2.45) is 5.92 Å². The van der Waals surface area contributed by atoms with E-state index in [1.165, 1.54) is 25.6 Å². The van der Waals surface area contributed by atoms with E-state index in [0.29, 0.717) is 6.54 Å². The van der Waals surface area contributed by atoms with Crippen LogP contribution in [0, 0.1) is 5.92 Å². The third-order valence-electron chi connectivity index (χ3n) is 3.02.